The van der Waals surface area contributed by atoms with Gasteiger partial charge >= 0.3 is 5.97 Å². The maximum atomic E-state index is 12.5. The normalized spacial score (nSPS) is 12.4. The SMILES string of the molecule is C=C(C(=O)OC)C(NS(=O)(=O)c1ccccc1)c1ccccc1. The Bertz CT molecular complexity index is 786. The average Bonchev–Trinajstić information content (AvgIpc) is 2.60. The van der Waals surface area contributed by atoms with Gasteiger partial charge in [0.2, 0.25) is 10.0 Å². The van der Waals surface area contributed by atoms with Crippen molar-refractivity contribution in [2.75, 3.05) is 7.11 Å². The number of carbonyl (C=O) groups excluding carboxylic acids is 1. The van der Waals surface area contributed by atoms with Gasteiger partial charge in [0, 0.05) is 0 Å². The Balaban J connectivity index is 2.39. The molecule has 0 aromatic heterocycles. The quantitative estimate of drug-likeness (QED) is 0.652. The van der Waals surface area contributed by atoms with Gasteiger partial charge in [0.05, 0.1) is 23.6 Å². The van der Waals surface area contributed by atoms with Crippen LogP contribution in [0.5, 0.6) is 0 Å². The van der Waals surface area contributed by atoms with Crippen LogP contribution in [-0.4, -0.2) is 21.5 Å². The third-order valence-corrected chi connectivity index (χ3v) is 4.69. The van der Waals surface area contributed by atoms with Gasteiger partial charge < -0.3 is 4.74 Å². The van der Waals surface area contributed by atoms with Gasteiger partial charge in [0.15, 0.2) is 0 Å². The molecular weight excluding hydrogens is 314 g/mol. The number of ether oxygens (including phenoxy) is 1. The summed E-state index contributed by atoms with van der Waals surface area (Å²) in [5.74, 6) is -0.672. The number of methoxy groups -OCH3 is 1. The van der Waals surface area contributed by atoms with E-state index in [0.29, 0.717) is 5.56 Å². The Hall–Kier alpha value is -2.44. The fraction of sp³-hybridized carbons (Fsp3) is 0.118. The molecule has 0 aliphatic heterocycles. The third kappa shape index (κ3) is 4.06. The van der Waals surface area contributed by atoms with Crippen molar-refractivity contribution in [3.05, 3.63) is 78.4 Å². The summed E-state index contributed by atoms with van der Waals surface area (Å²) in [5.41, 5.74) is 0.612. The smallest absolute Gasteiger partial charge is 0.335 e. The minimum absolute atomic E-state index is 0.0122. The molecule has 0 fully saturated rings. The number of sulfonamides is 1. The number of carbonyl (C=O) groups is 1. The molecule has 0 saturated carbocycles. The van der Waals surface area contributed by atoms with Crippen molar-refractivity contribution < 1.29 is 17.9 Å². The summed E-state index contributed by atoms with van der Waals surface area (Å²) in [7, 11) is -2.59. The molecule has 5 nitrogen and oxygen atoms in total. The number of hydrogen-bond acceptors (Lipinski definition) is 4. The van der Waals surface area contributed by atoms with E-state index in [1.807, 2.05) is 0 Å². The Morgan fingerprint density at radius 3 is 2.09 bits per heavy atom. The first-order valence-corrected chi connectivity index (χ1v) is 8.33. The molecule has 0 aliphatic carbocycles. The fourth-order valence-electron chi connectivity index (χ4n) is 2.06. The summed E-state index contributed by atoms with van der Waals surface area (Å²) >= 11 is 0. The van der Waals surface area contributed by atoms with Crippen LogP contribution in [0.2, 0.25) is 0 Å². The summed E-state index contributed by atoms with van der Waals surface area (Å²) < 4.78 is 32.2. The summed E-state index contributed by atoms with van der Waals surface area (Å²) in [6.07, 6.45) is 0. The molecule has 0 amide bonds. The zero-order chi connectivity index (χ0) is 16.9. The van der Waals surface area contributed by atoms with Crippen molar-refractivity contribution in [3.8, 4) is 0 Å². The largest absolute Gasteiger partial charge is 0.466 e. The Kier molecular flexibility index (Phi) is 5.31. The van der Waals surface area contributed by atoms with E-state index in [4.69, 9.17) is 0 Å². The van der Waals surface area contributed by atoms with Crippen LogP contribution >= 0.6 is 0 Å². The van der Waals surface area contributed by atoms with Crippen LogP contribution < -0.4 is 4.72 Å². The first kappa shape index (κ1) is 16.9. The molecule has 1 atom stereocenters. The first-order chi connectivity index (χ1) is 11.0. The Morgan fingerprint density at radius 2 is 1.57 bits per heavy atom. The van der Waals surface area contributed by atoms with E-state index in [-0.39, 0.29) is 10.5 Å². The maximum Gasteiger partial charge on any atom is 0.335 e. The predicted molar refractivity (Wildman–Crippen MR) is 87.1 cm³/mol. The fourth-order valence-corrected chi connectivity index (χ4v) is 3.30. The molecule has 2 rings (SSSR count). The van der Waals surface area contributed by atoms with Crippen LogP contribution in [-0.2, 0) is 19.6 Å². The molecule has 23 heavy (non-hydrogen) atoms. The molecule has 2 aromatic carbocycles. The van der Waals surface area contributed by atoms with Gasteiger partial charge in [-0.05, 0) is 17.7 Å². The molecule has 0 spiro atoms. The summed E-state index contributed by atoms with van der Waals surface area (Å²) in [6.45, 7) is 3.68. The highest BCUT2D eigenvalue weighted by atomic mass is 32.2. The zero-order valence-electron chi connectivity index (χ0n) is 12.6. The lowest BCUT2D eigenvalue weighted by atomic mass is 10.0. The molecule has 1 N–H and O–H groups in total. The molecule has 120 valence electrons. The van der Waals surface area contributed by atoms with E-state index in [1.165, 1.54) is 19.2 Å². The number of rotatable bonds is 6. The van der Waals surface area contributed by atoms with E-state index in [0.717, 1.165) is 0 Å². The van der Waals surface area contributed by atoms with E-state index in [9.17, 15) is 13.2 Å². The highest BCUT2D eigenvalue weighted by molar-refractivity contribution is 7.89. The molecule has 0 heterocycles. The van der Waals surface area contributed by atoms with Gasteiger partial charge in [-0.25, -0.2) is 13.2 Å². The topological polar surface area (TPSA) is 72.5 Å². The standard InChI is InChI=1S/C17H17NO4S/c1-13(17(19)22-2)16(14-9-5-3-6-10-14)18-23(20,21)15-11-7-4-8-12-15/h3-12,16,18H,1H2,2H3. The highest BCUT2D eigenvalue weighted by Crippen LogP contribution is 2.24. The van der Waals surface area contributed by atoms with E-state index < -0.39 is 22.0 Å². The van der Waals surface area contributed by atoms with Crippen LogP contribution in [0.1, 0.15) is 11.6 Å². The summed E-state index contributed by atoms with van der Waals surface area (Å²) in [4.78, 5) is 11.9. The minimum Gasteiger partial charge on any atom is -0.466 e. The van der Waals surface area contributed by atoms with Crippen LogP contribution in [0.15, 0.2) is 77.7 Å². The predicted octanol–water partition coefficient (Wildman–Crippen LogP) is 2.44. The second kappa shape index (κ2) is 7.21. The van der Waals surface area contributed by atoms with Gasteiger partial charge in [0.25, 0.3) is 0 Å². The molecule has 0 saturated heterocycles. The second-order valence-electron chi connectivity index (χ2n) is 4.79. The lowest BCUT2D eigenvalue weighted by Gasteiger charge is -2.20. The molecule has 0 bridgehead atoms. The Labute approximate surface area is 135 Å². The summed E-state index contributed by atoms with van der Waals surface area (Å²) in [6, 6.07) is 15.8. The first-order valence-electron chi connectivity index (χ1n) is 6.85. The van der Waals surface area contributed by atoms with Crippen molar-refractivity contribution in [2.45, 2.75) is 10.9 Å². The lowest BCUT2D eigenvalue weighted by Crippen LogP contribution is -2.32. The number of hydrogen-bond donors (Lipinski definition) is 1. The van der Waals surface area contributed by atoms with Crippen LogP contribution in [0.3, 0.4) is 0 Å². The number of esters is 1. The van der Waals surface area contributed by atoms with Crippen LogP contribution in [0.4, 0.5) is 0 Å². The van der Waals surface area contributed by atoms with Gasteiger partial charge in [-0.3, -0.25) is 0 Å². The average molecular weight is 331 g/mol. The van der Waals surface area contributed by atoms with E-state index in [1.54, 1.807) is 48.5 Å². The summed E-state index contributed by atoms with van der Waals surface area (Å²) in [5, 5.41) is 0. The van der Waals surface area contributed by atoms with Crippen molar-refractivity contribution in [1.29, 1.82) is 0 Å². The van der Waals surface area contributed by atoms with Crippen LogP contribution in [0.25, 0.3) is 0 Å². The molecule has 0 aliphatic rings. The molecule has 2 aromatic rings. The van der Waals surface area contributed by atoms with Crippen molar-refractivity contribution in [2.24, 2.45) is 0 Å². The lowest BCUT2D eigenvalue weighted by molar-refractivity contribution is -0.136. The van der Waals surface area contributed by atoms with Crippen molar-refractivity contribution in [3.63, 3.8) is 0 Å². The van der Waals surface area contributed by atoms with E-state index >= 15 is 0 Å². The zero-order valence-corrected chi connectivity index (χ0v) is 13.4. The molecule has 1 unspecified atom stereocenters. The molecule has 6 heteroatoms. The second-order valence-corrected chi connectivity index (χ2v) is 6.51. The molecule has 0 radical (unpaired) electrons. The van der Waals surface area contributed by atoms with Gasteiger partial charge in [-0.15, -0.1) is 0 Å². The maximum absolute atomic E-state index is 12.5. The van der Waals surface area contributed by atoms with Crippen LogP contribution in [0, 0.1) is 0 Å². The van der Waals surface area contributed by atoms with Crippen molar-refractivity contribution in [1.82, 2.24) is 4.72 Å². The minimum atomic E-state index is -3.81. The van der Waals surface area contributed by atoms with Gasteiger partial charge in [-0.1, -0.05) is 55.1 Å². The highest BCUT2D eigenvalue weighted by Gasteiger charge is 2.27. The van der Waals surface area contributed by atoms with Gasteiger partial charge in [0.1, 0.15) is 0 Å². The monoisotopic (exact) mass is 331 g/mol. The third-order valence-electron chi connectivity index (χ3n) is 3.26. The Morgan fingerprint density at radius 1 is 1.04 bits per heavy atom. The number of nitrogens with one attached hydrogen (secondary N) is 1. The molecular formula is C17H17NO4S. The van der Waals surface area contributed by atoms with Gasteiger partial charge in [-0.2, -0.15) is 4.72 Å². The van der Waals surface area contributed by atoms with Crippen molar-refractivity contribution >= 4 is 16.0 Å². The van der Waals surface area contributed by atoms with E-state index in [2.05, 4.69) is 16.0 Å². The number of benzene rings is 2.